The topological polar surface area (TPSA) is 85.2 Å². The van der Waals surface area contributed by atoms with Crippen LogP contribution in [-0.4, -0.2) is 46.9 Å². The Bertz CT molecular complexity index is 485. The molecule has 115 valence electrons. The Hall–Kier alpha value is -1.63. The van der Waals surface area contributed by atoms with E-state index in [0.717, 1.165) is 5.56 Å². The van der Waals surface area contributed by atoms with Crippen LogP contribution in [0.5, 0.6) is 5.75 Å². The molecule has 1 aromatic rings. The number of benzene rings is 1. The van der Waals surface area contributed by atoms with E-state index in [0.29, 0.717) is 5.75 Å². The van der Waals surface area contributed by atoms with Gasteiger partial charge in [-0.3, -0.25) is 4.79 Å². The summed E-state index contributed by atoms with van der Waals surface area (Å²) in [7, 11) is 0. The van der Waals surface area contributed by atoms with Gasteiger partial charge >= 0.3 is 5.97 Å². The van der Waals surface area contributed by atoms with Crippen molar-refractivity contribution in [3.05, 3.63) is 36.8 Å². The standard InChI is InChI=1S/C15H19O6/c1-8-4-6-11(7-5-8)21-15-13(18)12(17)14(9(2)19-15)20-10(3)16/h4-7,9,12-15,17-18H,1H2,2-3H3/t9-,12-,13+,14-,15-/m0/s1. The van der Waals surface area contributed by atoms with Gasteiger partial charge in [-0.2, -0.15) is 0 Å². The number of carbonyl (C=O) groups is 1. The molecule has 0 aliphatic carbocycles. The summed E-state index contributed by atoms with van der Waals surface area (Å²) in [5.41, 5.74) is 0.829. The number of rotatable bonds is 3. The van der Waals surface area contributed by atoms with Crippen LogP contribution in [0.15, 0.2) is 24.3 Å². The molecule has 6 nitrogen and oxygen atoms in total. The van der Waals surface area contributed by atoms with Crippen LogP contribution < -0.4 is 4.74 Å². The summed E-state index contributed by atoms with van der Waals surface area (Å²) in [6, 6.07) is 6.89. The molecule has 1 aromatic carbocycles. The number of ether oxygens (including phenoxy) is 3. The molecular weight excluding hydrogens is 276 g/mol. The van der Waals surface area contributed by atoms with Crippen LogP contribution in [0.1, 0.15) is 19.4 Å². The molecule has 2 N–H and O–H groups in total. The minimum absolute atomic E-state index is 0.483. The monoisotopic (exact) mass is 295 g/mol. The first kappa shape index (κ1) is 15.8. The van der Waals surface area contributed by atoms with Crippen LogP contribution >= 0.6 is 0 Å². The van der Waals surface area contributed by atoms with Crippen molar-refractivity contribution in [2.75, 3.05) is 0 Å². The summed E-state index contributed by atoms with van der Waals surface area (Å²) >= 11 is 0. The third-order valence-corrected chi connectivity index (χ3v) is 3.25. The van der Waals surface area contributed by atoms with Gasteiger partial charge in [-0.25, -0.2) is 0 Å². The minimum atomic E-state index is -1.33. The Morgan fingerprint density at radius 3 is 2.43 bits per heavy atom. The summed E-state index contributed by atoms with van der Waals surface area (Å²) in [6.45, 7) is 6.63. The molecular formula is C15H19O6. The third kappa shape index (κ3) is 3.72. The van der Waals surface area contributed by atoms with Crippen LogP contribution in [0.4, 0.5) is 0 Å². The molecule has 0 amide bonds. The number of hydrogen-bond acceptors (Lipinski definition) is 6. The normalized spacial score (nSPS) is 32.5. The fraction of sp³-hybridized carbons (Fsp3) is 0.467. The number of hydrogen-bond donors (Lipinski definition) is 2. The molecule has 1 fully saturated rings. The van der Waals surface area contributed by atoms with Crippen molar-refractivity contribution in [3.8, 4) is 5.75 Å². The summed E-state index contributed by atoms with van der Waals surface area (Å²) in [5, 5.41) is 20.1. The lowest BCUT2D eigenvalue weighted by molar-refractivity contribution is -0.272. The van der Waals surface area contributed by atoms with Gasteiger partial charge in [0.25, 0.3) is 0 Å². The summed E-state index contributed by atoms with van der Waals surface area (Å²) in [5.74, 6) is -0.0658. The molecule has 0 aromatic heterocycles. The lowest BCUT2D eigenvalue weighted by Gasteiger charge is -2.40. The van der Waals surface area contributed by atoms with Crippen molar-refractivity contribution in [2.45, 2.75) is 44.6 Å². The van der Waals surface area contributed by atoms with Gasteiger partial charge in [0.1, 0.15) is 18.0 Å². The molecule has 0 spiro atoms. The van der Waals surface area contributed by atoms with Gasteiger partial charge in [-0.15, -0.1) is 0 Å². The van der Waals surface area contributed by atoms with E-state index >= 15 is 0 Å². The number of carbonyl (C=O) groups excluding carboxylic acids is 1. The smallest absolute Gasteiger partial charge is 0.303 e. The number of esters is 1. The molecule has 1 aliphatic heterocycles. The summed E-state index contributed by atoms with van der Waals surface area (Å²) in [4.78, 5) is 11.0. The highest BCUT2D eigenvalue weighted by molar-refractivity contribution is 5.66. The molecule has 5 atom stereocenters. The second-order valence-corrected chi connectivity index (χ2v) is 5.03. The summed E-state index contributed by atoms with van der Waals surface area (Å²) in [6.07, 6.45) is -5.19. The van der Waals surface area contributed by atoms with Crippen LogP contribution in [-0.2, 0) is 14.3 Å². The lowest BCUT2D eigenvalue weighted by atomic mass is 9.99. The predicted octanol–water partition coefficient (Wildman–Crippen LogP) is 0.646. The van der Waals surface area contributed by atoms with Gasteiger partial charge in [0, 0.05) is 6.92 Å². The van der Waals surface area contributed by atoms with E-state index in [-0.39, 0.29) is 0 Å². The number of aliphatic hydroxyl groups excluding tert-OH is 2. The maximum Gasteiger partial charge on any atom is 0.303 e. The van der Waals surface area contributed by atoms with Gasteiger partial charge in [-0.1, -0.05) is 12.1 Å². The van der Waals surface area contributed by atoms with E-state index in [9.17, 15) is 15.0 Å². The quantitative estimate of drug-likeness (QED) is 0.796. The van der Waals surface area contributed by atoms with Crippen molar-refractivity contribution < 1.29 is 29.2 Å². The highest BCUT2D eigenvalue weighted by Gasteiger charge is 2.45. The molecule has 6 heteroatoms. The summed E-state index contributed by atoms with van der Waals surface area (Å²) < 4.78 is 16.0. The minimum Gasteiger partial charge on any atom is -0.462 e. The van der Waals surface area contributed by atoms with Gasteiger partial charge in [0.15, 0.2) is 6.10 Å². The van der Waals surface area contributed by atoms with Crippen molar-refractivity contribution in [3.63, 3.8) is 0 Å². The SMILES string of the molecule is [CH2]c1ccc(O[C@@H]2O[C@@H](C)[C@H](OC(C)=O)[C@@H](O)[C@H]2O)cc1. The Kier molecular flexibility index (Phi) is 4.82. The van der Waals surface area contributed by atoms with Crippen molar-refractivity contribution in [2.24, 2.45) is 0 Å². The van der Waals surface area contributed by atoms with Gasteiger partial charge in [0.2, 0.25) is 6.29 Å². The zero-order valence-corrected chi connectivity index (χ0v) is 11.9. The van der Waals surface area contributed by atoms with Crippen molar-refractivity contribution in [1.82, 2.24) is 0 Å². The molecule has 2 rings (SSSR count). The van der Waals surface area contributed by atoms with Gasteiger partial charge < -0.3 is 24.4 Å². The Balaban J connectivity index is 2.06. The van der Waals surface area contributed by atoms with E-state index < -0.39 is 36.7 Å². The predicted molar refractivity (Wildman–Crippen MR) is 73.4 cm³/mol. The molecule has 1 heterocycles. The highest BCUT2D eigenvalue weighted by atomic mass is 16.7. The Morgan fingerprint density at radius 1 is 1.24 bits per heavy atom. The van der Waals surface area contributed by atoms with Crippen LogP contribution in [0.2, 0.25) is 0 Å². The fourth-order valence-corrected chi connectivity index (χ4v) is 2.16. The average molecular weight is 295 g/mol. The first-order valence-corrected chi connectivity index (χ1v) is 6.66. The second kappa shape index (κ2) is 6.43. The maximum absolute atomic E-state index is 11.0. The van der Waals surface area contributed by atoms with Crippen molar-refractivity contribution >= 4 is 5.97 Å². The zero-order chi connectivity index (χ0) is 15.6. The first-order chi connectivity index (χ1) is 9.88. The molecule has 21 heavy (non-hydrogen) atoms. The van der Waals surface area contributed by atoms with E-state index in [2.05, 4.69) is 6.92 Å². The molecule has 0 saturated carbocycles. The Morgan fingerprint density at radius 2 is 1.86 bits per heavy atom. The van der Waals surface area contributed by atoms with Crippen LogP contribution in [0.25, 0.3) is 0 Å². The van der Waals surface area contributed by atoms with Crippen LogP contribution in [0, 0.1) is 6.92 Å². The van der Waals surface area contributed by atoms with E-state index in [1.54, 1.807) is 31.2 Å². The largest absolute Gasteiger partial charge is 0.462 e. The molecule has 1 saturated heterocycles. The second-order valence-electron chi connectivity index (χ2n) is 5.03. The zero-order valence-electron chi connectivity index (χ0n) is 11.9. The van der Waals surface area contributed by atoms with Gasteiger partial charge in [-0.05, 0) is 31.5 Å². The number of aliphatic hydroxyl groups is 2. The Labute approximate surface area is 123 Å². The fourth-order valence-electron chi connectivity index (χ4n) is 2.16. The first-order valence-electron chi connectivity index (χ1n) is 6.66. The molecule has 1 radical (unpaired) electrons. The molecule has 0 bridgehead atoms. The third-order valence-electron chi connectivity index (χ3n) is 3.25. The molecule has 1 aliphatic rings. The van der Waals surface area contributed by atoms with E-state index in [1.807, 2.05) is 0 Å². The molecule has 0 unspecified atom stereocenters. The van der Waals surface area contributed by atoms with Gasteiger partial charge in [0.05, 0.1) is 6.10 Å². The maximum atomic E-state index is 11.0. The highest BCUT2D eigenvalue weighted by Crippen LogP contribution is 2.26. The van der Waals surface area contributed by atoms with E-state index in [4.69, 9.17) is 14.2 Å². The van der Waals surface area contributed by atoms with Crippen molar-refractivity contribution in [1.29, 1.82) is 0 Å². The van der Waals surface area contributed by atoms with E-state index in [1.165, 1.54) is 6.92 Å². The van der Waals surface area contributed by atoms with Crippen LogP contribution in [0.3, 0.4) is 0 Å². The lowest BCUT2D eigenvalue weighted by Crippen LogP contribution is -2.59. The average Bonchev–Trinajstić information content (AvgIpc) is 2.43.